The summed E-state index contributed by atoms with van der Waals surface area (Å²) in [6.45, 7) is 1.81. The normalized spacial score (nSPS) is 11.1. The molecule has 4 aromatic rings. The minimum absolute atomic E-state index is 0.223. The Morgan fingerprint density at radius 1 is 1.14 bits per heavy atom. The van der Waals surface area contributed by atoms with Crippen LogP contribution in [-0.4, -0.2) is 26.0 Å². The van der Waals surface area contributed by atoms with Crippen molar-refractivity contribution in [2.45, 2.75) is 18.6 Å². The number of anilines is 1. The molecule has 8 heteroatoms. The molecule has 0 atom stereocenters. The molecule has 0 spiro atoms. The van der Waals surface area contributed by atoms with Crippen LogP contribution in [0.5, 0.6) is 0 Å². The molecule has 29 heavy (non-hydrogen) atoms. The highest BCUT2D eigenvalue weighted by Crippen LogP contribution is 2.23. The van der Waals surface area contributed by atoms with Gasteiger partial charge in [0.05, 0.1) is 11.4 Å². The maximum Gasteiger partial charge on any atom is 0.295 e. The first-order valence-electron chi connectivity index (χ1n) is 9.17. The average Bonchev–Trinajstić information content (AvgIpc) is 3.23. The van der Waals surface area contributed by atoms with Crippen molar-refractivity contribution in [1.29, 1.82) is 0 Å². The number of aromatic nitrogens is 3. The summed E-state index contributed by atoms with van der Waals surface area (Å²) in [7, 11) is 1.79. The van der Waals surface area contributed by atoms with E-state index in [2.05, 4.69) is 10.3 Å². The summed E-state index contributed by atoms with van der Waals surface area (Å²) in [6.07, 6.45) is 0.239. The molecule has 4 rings (SSSR count). The fourth-order valence-corrected chi connectivity index (χ4v) is 3.83. The van der Waals surface area contributed by atoms with Gasteiger partial charge >= 0.3 is 0 Å². The van der Waals surface area contributed by atoms with Gasteiger partial charge in [0, 0.05) is 19.2 Å². The van der Waals surface area contributed by atoms with Gasteiger partial charge in [-0.15, -0.1) is 0 Å². The highest BCUT2D eigenvalue weighted by Gasteiger charge is 2.18. The standard InChI is InChI=1S/C21H20N4O3S/c1-14-19(20(27)25(24(14)2)15-8-4-3-5-9-15)23-18(26)12-13-29-21-22-16-10-6-7-11-17(16)28-21/h3-11H,12-13H2,1-2H3,(H,23,26). The highest BCUT2D eigenvalue weighted by atomic mass is 32.2. The number of amides is 1. The van der Waals surface area contributed by atoms with Crippen LogP contribution in [0.1, 0.15) is 12.1 Å². The number of carbonyl (C=O) groups is 1. The van der Waals surface area contributed by atoms with Gasteiger partial charge in [0.15, 0.2) is 5.58 Å². The minimum Gasteiger partial charge on any atom is -0.431 e. The van der Waals surface area contributed by atoms with Crippen LogP contribution in [0.4, 0.5) is 5.69 Å². The fraction of sp³-hybridized carbons (Fsp3) is 0.190. The molecule has 2 aromatic heterocycles. The molecule has 7 nitrogen and oxygen atoms in total. The molecule has 0 aliphatic heterocycles. The molecule has 0 saturated heterocycles. The molecule has 148 valence electrons. The number of hydrogen-bond acceptors (Lipinski definition) is 5. The van der Waals surface area contributed by atoms with Crippen LogP contribution in [0.15, 0.2) is 69.0 Å². The van der Waals surface area contributed by atoms with E-state index in [4.69, 9.17) is 4.42 Å². The van der Waals surface area contributed by atoms with E-state index in [0.29, 0.717) is 22.4 Å². The van der Waals surface area contributed by atoms with Crippen LogP contribution in [0.3, 0.4) is 0 Å². The minimum atomic E-state index is -0.254. The molecule has 0 saturated carbocycles. The summed E-state index contributed by atoms with van der Waals surface area (Å²) in [4.78, 5) is 29.6. The van der Waals surface area contributed by atoms with Gasteiger partial charge in [0.2, 0.25) is 5.91 Å². The molecule has 1 amide bonds. The summed E-state index contributed by atoms with van der Waals surface area (Å²) in [5.74, 6) is 0.275. The first-order valence-corrected chi connectivity index (χ1v) is 10.2. The smallest absolute Gasteiger partial charge is 0.295 e. The van der Waals surface area contributed by atoms with Gasteiger partial charge in [-0.1, -0.05) is 42.1 Å². The number of nitrogens with zero attached hydrogens (tertiary/aromatic N) is 3. The van der Waals surface area contributed by atoms with Crippen LogP contribution in [0.25, 0.3) is 16.8 Å². The van der Waals surface area contributed by atoms with Gasteiger partial charge in [0.25, 0.3) is 10.8 Å². The van der Waals surface area contributed by atoms with E-state index < -0.39 is 0 Å². The second-order valence-corrected chi connectivity index (χ2v) is 7.58. The summed E-state index contributed by atoms with van der Waals surface area (Å²) in [6, 6.07) is 16.9. The second kappa shape index (κ2) is 8.00. The van der Waals surface area contributed by atoms with Gasteiger partial charge < -0.3 is 9.73 Å². The quantitative estimate of drug-likeness (QED) is 0.492. The van der Waals surface area contributed by atoms with Gasteiger partial charge in [-0.05, 0) is 31.2 Å². The van der Waals surface area contributed by atoms with Crippen molar-refractivity contribution >= 4 is 34.5 Å². The third-order valence-corrected chi connectivity index (χ3v) is 5.48. The van der Waals surface area contributed by atoms with Crippen molar-refractivity contribution < 1.29 is 9.21 Å². The molecular weight excluding hydrogens is 388 g/mol. The molecular formula is C21H20N4O3S. The molecule has 2 heterocycles. The summed E-state index contributed by atoms with van der Waals surface area (Å²) < 4.78 is 8.91. The molecule has 0 aliphatic rings. The Bertz CT molecular complexity index is 1190. The lowest BCUT2D eigenvalue weighted by molar-refractivity contribution is -0.115. The molecule has 1 N–H and O–H groups in total. The van der Waals surface area contributed by atoms with Crippen molar-refractivity contribution in [2.75, 3.05) is 11.1 Å². The van der Waals surface area contributed by atoms with Crippen molar-refractivity contribution in [1.82, 2.24) is 14.3 Å². The Labute approximate surface area is 171 Å². The van der Waals surface area contributed by atoms with E-state index in [0.717, 1.165) is 16.8 Å². The van der Waals surface area contributed by atoms with Crippen molar-refractivity contribution in [3.63, 3.8) is 0 Å². The number of thioether (sulfide) groups is 1. The Morgan fingerprint density at radius 2 is 1.86 bits per heavy atom. The number of nitrogens with one attached hydrogen (secondary N) is 1. The van der Waals surface area contributed by atoms with Crippen LogP contribution >= 0.6 is 11.8 Å². The van der Waals surface area contributed by atoms with Crippen molar-refractivity contribution in [2.24, 2.45) is 7.05 Å². The first-order chi connectivity index (χ1) is 14.0. The van der Waals surface area contributed by atoms with Crippen LogP contribution < -0.4 is 10.9 Å². The largest absolute Gasteiger partial charge is 0.431 e. The van der Waals surface area contributed by atoms with Gasteiger partial charge in [-0.2, -0.15) is 0 Å². The van der Waals surface area contributed by atoms with Crippen molar-refractivity contribution in [3.05, 3.63) is 70.6 Å². The van der Waals surface area contributed by atoms with Gasteiger partial charge in [0.1, 0.15) is 11.2 Å². The van der Waals surface area contributed by atoms with E-state index in [1.54, 1.807) is 11.7 Å². The number of oxazole rings is 1. The number of para-hydroxylation sites is 3. The van der Waals surface area contributed by atoms with E-state index in [1.807, 2.05) is 61.5 Å². The molecule has 2 aromatic carbocycles. The summed E-state index contributed by atoms with van der Waals surface area (Å²) in [5.41, 5.74) is 3.00. The molecule has 0 fully saturated rings. The van der Waals surface area contributed by atoms with E-state index in [9.17, 15) is 9.59 Å². The maximum absolute atomic E-state index is 12.8. The lowest BCUT2D eigenvalue weighted by atomic mass is 10.3. The number of carbonyl (C=O) groups excluding carboxylic acids is 1. The third kappa shape index (κ3) is 3.84. The van der Waals surface area contributed by atoms with E-state index in [-0.39, 0.29) is 17.9 Å². The predicted molar refractivity (Wildman–Crippen MR) is 114 cm³/mol. The van der Waals surface area contributed by atoms with Gasteiger partial charge in [-0.25, -0.2) is 9.67 Å². The fourth-order valence-electron chi connectivity index (χ4n) is 3.06. The number of fused-ring (bicyclic) bond motifs is 1. The van der Waals surface area contributed by atoms with E-state index >= 15 is 0 Å². The number of hydrogen-bond donors (Lipinski definition) is 1. The lowest BCUT2D eigenvalue weighted by Gasteiger charge is -2.07. The topological polar surface area (TPSA) is 82.1 Å². The Hall–Kier alpha value is -3.26. The van der Waals surface area contributed by atoms with E-state index in [1.165, 1.54) is 16.4 Å². The molecule has 0 bridgehead atoms. The Kier molecular flexibility index (Phi) is 5.26. The average molecular weight is 408 g/mol. The number of rotatable bonds is 6. The molecule has 0 unspecified atom stereocenters. The Balaban J connectivity index is 1.42. The Morgan fingerprint density at radius 3 is 2.62 bits per heavy atom. The third-order valence-electron chi connectivity index (χ3n) is 4.65. The maximum atomic E-state index is 12.8. The zero-order valence-corrected chi connectivity index (χ0v) is 16.9. The first kappa shape index (κ1) is 19.1. The van der Waals surface area contributed by atoms with Crippen molar-refractivity contribution in [3.8, 4) is 5.69 Å². The van der Waals surface area contributed by atoms with Crippen LogP contribution in [0, 0.1) is 6.92 Å². The molecule has 0 aliphatic carbocycles. The summed E-state index contributed by atoms with van der Waals surface area (Å²) in [5, 5.41) is 3.29. The second-order valence-electron chi connectivity index (χ2n) is 6.53. The highest BCUT2D eigenvalue weighted by molar-refractivity contribution is 7.99. The van der Waals surface area contributed by atoms with Crippen LogP contribution in [-0.2, 0) is 11.8 Å². The summed E-state index contributed by atoms with van der Waals surface area (Å²) >= 11 is 1.37. The predicted octanol–water partition coefficient (Wildman–Crippen LogP) is 3.75. The lowest BCUT2D eigenvalue weighted by Crippen LogP contribution is -2.23. The SMILES string of the molecule is Cc1c(NC(=O)CCSc2nc3ccccc3o2)c(=O)n(-c2ccccc2)n1C. The monoisotopic (exact) mass is 408 g/mol. The van der Waals surface area contributed by atoms with Gasteiger partial charge in [-0.3, -0.25) is 14.3 Å². The number of benzene rings is 2. The van der Waals surface area contributed by atoms with Crippen LogP contribution in [0.2, 0.25) is 0 Å². The zero-order valence-electron chi connectivity index (χ0n) is 16.1. The molecule has 0 radical (unpaired) electrons. The zero-order chi connectivity index (χ0) is 20.4.